The van der Waals surface area contributed by atoms with E-state index in [1.54, 1.807) is 0 Å². The molecule has 0 bridgehead atoms. The first-order valence-corrected chi connectivity index (χ1v) is 8.85. The van der Waals surface area contributed by atoms with E-state index in [2.05, 4.69) is 18.2 Å². The number of esters is 1. The SMILES string of the molecule is COC(Cc1ccc(C2=CCOCC2)cc1)C(=O)OCc1ccccc1. The van der Waals surface area contributed by atoms with E-state index in [-0.39, 0.29) is 12.6 Å². The minimum atomic E-state index is -0.605. The number of methoxy groups -OCH3 is 1. The smallest absolute Gasteiger partial charge is 0.335 e. The molecule has 4 heteroatoms. The van der Waals surface area contributed by atoms with Gasteiger partial charge in [0, 0.05) is 13.5 Å². The molecule has 136 valence electrons. The molecule has 26 heavy (non-hydrogen) atoms. The average Bonchev–Trinajstić information content (AvgIpc) is 2.72. The maximum absolute atomic E-state index is 12.3. The second-order valence-corrected chi connectivity index (χ2v) is 6.27. The highest BCUT2D eigenvalue weighted by Gasteiger charge is 2.20. The molecule has 0 N–H and O–H groups in total. The van der Waals surface area contributed by atoms with Gasteiger partial charge in [0.25, 0.3) is 0 Å². The van der Waals surface area contributed by atoms with Gasteiger partial charge in [0.05, 0.1) is 13.2 Å². The van der Waals surface area contributed by atoms with Crippen molar-refractivity contribution in [2.45, 2.75) is 25.6 Å². The zero-order valence-corrected chi connectivity index (χ0v) is 15.0. The van der Waals surface area contributed by atoms with Crippen LogP contribution in [0.25, 0.3) is 5.57 Å². The Morgan fingerprint density at radius 2 is 1.85 bits per heavy atom. The highest BCUT2D eigenvalue weighted by atomic mass is 16.6. The summed E-state index contributed by atoms with van der Waals surface area (Å²) in [5.74, 6) is -0.340. The summed E-state index contributed by atoms with van der Waals surface area (Å²) in [6.07, 6.45) is 2.95. The van der Waals surface area contributed by atoms with Gasteiger partial charge in [-0.05, 0) is 28.7 Å². The van der Waals surface area contributed by atoms with Crippen molar-refractivity contribution in [3.8, 4) is 0 Å². The molecule has 0 fully saturated rings. The molecule has 2 aromatic carbocycles. The van der Waals surface area contributed by atoms with Gasteiger partial charge in [0.2, 0.25) is 0 Å². The number of carbonyl (C=O) groups excluding carboxylic acids is 1. The number of benzene rings is 2. The molecule has 2 aromatic rings. The molecule has 0 amide bonds. The third kappa shape index (κ3) is 5.04. The molecule has 0 radical (unpaired) electrons. The van der Waals surface area contributed by atoms with Crippen LogP contribution in [0.15, 0.2) is 60.7 Å². The lowest BCUT2D eigenvalue weighted by molar-refractivity contribution is -0.156. The molecule has 4 nitrogen and oxygen atoms in total. The summed E-state index contributed by atoms with van der Waals surface area (Å²) in [7, 11) is 1.54. The highest BCUT2D eigenvalue weighted by Crippen LogP contribution is 2.22. The molecule has 1 aliphatic heterocycles. The van der Waals surface area contributed by atoms with Crippen LogP contribution >= 0.6 is 0 Å². The average molecular weight is 352 g/mol. The van der Waals surface area contributed by atoms with Crippen LogP contribution in [0.1, 0.15) is 23.1 Å². The second kappa shape index (κ2) is 9.32. The maximum Gasteiger partial charge on any atom is 0.335 e. The Morgan fingerprint density at radius 3 is 2.50 bits per heavy atom. The molecular weight excluding hydrogens is 328 g/mol. The van der Waals surface area contributed by atoms with E-state index < -0.39 is 6.10 Å². The summed E-state index contributed by atoms with van der Waals surface area (Å²) >= 11 is 0. The summed E-state index contributed by atoms with van der Waals surface area (Å²) in [4.78, 5) is 12.3. The van der Waals surface area contributed by atoms with E-state index in [1.165, 1.54) is 18.2 Å². The first kappa shape index (κ1) is 18.4. The molecule has 0 spiro atoms. The van der Waals surface area contributed by atoms with Crippen LogP contribution in [0.2, 0.25) is 0 Å². The Labute approximate surface area is 154 Å². The van der Waals surface area contributed by atoms with Crippen molar-refractivity contribution < 1.29 is 19.0 Å². The van der Waals surface area contributed by atoms with Crippen LogP contribution in [0.5, 0.6) is 0 Å². The first-order chi connectivity index (χ1) is 12.8. The maximum atomic E-state index is 12.3. The predicted molar refractivity (Wildman–Crippen MR) is 101 cm³/mol. The van der Waals surface area contributed by atoms with E-state index in [1.807, 2.05) is 42.5 Å². The molecular formula is C22H24O4. The van der Waals surface area contributed by atoms with Crippen molar-refractivity contribution in [1.82, 2.24) is 0 Å². The Morgan fingerprint density at radius 1 is 1.08 bits per heavy atom. The van der Waals surface area contributed by atoms with Gasteiger partial charge >= 0.3 is 5.97 Å². The van der Waals surface area contributed by atoms with Gasteiger partial charge in [-0.1, -0.05) is 60.7 Å². The molecule has 0 saturated heterocycles. The summed E-state index contributed by atoms with van der Waals surface area (Å²) < 4.78 is 16.1. The van der Waals surface area contributed by atoms with Crippen molar-refractivity contribution in [3.63, 3.8) is 0 Å². The standard InChI is InChI=1S/C22H24O4/c1-24-21(22(23)26-16-18-5-3-2-4-6-18)15-17-7-9-19(10-8-17)20-11-13-25-14-12-20/h2-11,21H,12-16H2,1H3. The van der Waals surface area contributed by atoms with E-state index >= 15 is 0 Å². The molecule has 1 aliphatic rings. The van der Waals surface area contributed by atoms with Crippen LogP contribution in [0, 0.1) is 0 Å². The summed E-state index contributed by atoms with van der Waals surface area (Å²) in [5, 5.41) is 0. The molecule has 0 aromatic heterocycles. The molecule has 0 aliphatic carbocycles. The Balaban J connectivity index is 1.56. The Kier molecular flexibility index (Phi) is 6.58. The number of ether oxygens (including phenoxy) is 3. The van der Waals surface area contributed by atoms with Crippen LogP contribution in [-0.4, -0.2) is 32.4 Å². The molecule has 1 heterocycles. The van der Waals surface area contributed by atoms with Gasteiger partial charge in [0.15, 0.2) is 6.10 Å². The number of carbonyl (C=O) groups is 1. The highest BCUT2D eigenvalue weighted by molar-refractivity contribution is 5.75. The summed E-state index contributed by atoms with van der Waals surface area (Å²) in [5.41, 5.74) is 4.53. The summed E-state index contributed by atoms with van der Waals surface area (Å²) in [6, 6.07) is 17.9. The van der Waals surface area contributed by atoms with Crippen LogP contribution < -0.4 is 0 Å². The van der Waals surface area contributed by atoms with Crippen molar-refractivity contribution in [3.05, 3.63) is 77.4 Å². The van der Waals surface area contributed by atoms with Gasteiger partial charge < -0.3 is 14.2 Å². The number of hydrogen-bond acceptors (Lipinski definition) is 4. The topological polar surface area (TPSA) is 44.8 Å². The molecule has 0 saturated carbocycles. The molecule has 1 atom stereocenters. The van der Waals surface area contributed by atoms with Gasteiger partial charge in [-0.25, -0.2) is 4.79 Å². The Hall–Kier alpha value is -2.43. The van der Waals surface area contributed by atoms with E-state index in [0.717, 1.165) is 24.2 Å². The van der Waals surface area contributed by atoms with E-state index in [0.29, 0.717) is 13.0 Å². The van der Waals surface area contributed by atoms with Gasteiger partial charge in [0.1, 0.15) is 6.61 Å². The fourth-order valence-electron chi connectivity index (χ4n) is 2.94. The van der Waals surface area contributed by atoms with Gasteiger partial charge in [-0.2, -0.15) is 0 Å². The monoisotopic (exact) mass is 352 g/mol. The lowest BCUT2D eigenvalue weighted by atomic mass is 9.98. The summed E-state index contributed by atoms with van der Waals surface area (Å²) in [6.45, 7) is 1.71. The third-order valence-corrected chi connectivity index (χ3v) is 4.48. The second-order valence-electron chi connectivity index (χ2n) is 6.27. The fraction of sp³-hybridized carbons (Fsp3) is 0.318. The minimum Gasteiger partial charge on any atom is -0.459 e. The molecule has 3 rings (SSSR count). The van der Waals surface area contributed by atoms with Gasteiger partial charge in [-0.3, -0.25) is 0 Å². The predicted octanol–water partition coefficient (Wildman–Crippen LogP) is 3.79. The lowest BCUT2D eigenvalue weighted by Gasteiger charge is -2.16. The van der Waals surface area contributed by atoms with Crippen molar-refractivity contribution in [2.75, 3.05) is 20.3 Å². The largest absolute Gasteiger partial charge is 0.459 e. The van der Waals surface area contributed by atoms with E-state index in [9.17, 15) is 4.79 Å². The van der Waals surface area contributed by atoms with E-state index in [4.69, 9.17) is 14.2 Å². The normalized spacial score (nSPS) is 15.2. The zero-order chi connectivity index (χ0) is 18.2. The molecule has 1 unspecified atom stereocenters. The lowest BCUT2D eigenvalue weighted by Crippen LogP contribution is -2.27. The minimum absolute atomic E-state index is 0.259. The van der Waals surface area contributed by atoms with Crippen molar-refractivity contribution >= 4 is 11.5 Å². The van der Waals surface area contributed by atoms with Crippen LogP contribution in [0.4, 0.5) is 0 Å². The van der Waals surface area contributed by atoms with Gasteiger partial charge in [-0.15, -0.1) is 0 Å². The number of hydrogen-bond donors (Lipinski definition) is 0. The first-order valence-electron chi connectivity index (χ1n) is 8.85. The van der Waals surface area contributed by atoms with Crippen molar-refractivity contribution in [1.29, 1.82) is 0 Å². The third-order valence-electron chi connectivity index (χ3n) is 4.48. The fourth-order valence-corrected chi connectivity index (χ4v) is 2.94. The van der Waals surface area contributed by atoms with Crippen LogP contribution in [0.3, 0.4) is 0 Å². The van der Waals surface area contributed by atoms with Crippen LogP contribution in [-0.2, 0) is 32.0 Å². The quantitative estimate of drug-likeness (QED) is 0.711. The van der Waals surface area contributed by atoms with Crippen molar-refractivity contribution in [2.24, 2.45) is 0 Å². The Bertz CT molecular complexity index is 734. The zero-order valence-electron chi connectivity index (χ0n) is 15.0. The number of rotatable bonds is 7.